The van der Waals surface area contributed by atoms with E-state index in [1.807, 2.05) is 13.8 Å². The van der Waals surface area contributed by atoms with E-state index < -0.39 is 0 Å². The standard InChI is InChI=1S/C11H21NO2/c1-8(2)11(13)12-9-5-4-6-10(7-9)14-3/h8-10H,4-7H2,1-3H3,(H,12,13)/t9-,10-/m0/s1. The third-order valence-electron chi connectivity index (χ3n) is 2.83. The summed E-state index contributed by atoms with van der Waals surface area (Å²) in [6, 6.07) is 0.323. The smallest absolute Gasteiger partial charge is 0.222 e. The number of amides is 1. The molecule has 3 nitrogen and oxygen atoms in total. The molecule has 0 bridgehead atoms. The first kappa shape index (κ1) is 11.5. The lowest BCUT2D eigenvalue weighted by Gasteiger charge is -2.29. The zero-order valence-corrected chi connectivity index (χ0v) is 9.38. The van der Waals surface area contributed by atoms with Crippen LogP contribution in [-0.4, -0.2) is 25.2 Å². The summed E-state index contributed by atoms with van der Waals surface area (Å²) in [5, 5.41) is 3.06. The van der Waals surface area contributed by atoms with Gasteiger partial charge in [0.2, 0.25) is 5.91 Å². The minimum Gasteiger partial charge on any atom is -0.381 e. The quantitative estimate of drug-likeness (QED) is 0.751. The molecule has 0 aliphatic heterocycles. The van der Waals surface area contributed by atoms with Crippen molar-refractivity contribution in [2.75, 3.05) is 7.11 Å². The first-order valence-corrected chi connectivity index (χ1v) is 5.46. The second-order valence-electron chi connectivity index (χ2n) is 4.38. The third-order valence-corrected chi connectivity index (χ3v) is 2.83. The van der Waals surface area contributed by atoms with Crippen LogP contribution in [0.15, 0.2) is 0 Å². The minimum absolute atomic E-state index is 0.0814. The summed E-state index contributed by atoms with van der Waals surface area (Å²) in [7, 11) is 1.75. The SMILES string of the molecule is CO[C@H]1CCC[C@H](NC(=O)C(C)C)C1. The van der Waals surface area contributed by atoms with E-state index in [1.165, 1.54) is 0 Å². The highest BCUT2D eigenvalue weighted by molar-refractivity contribution is 5.78. The van der Waals surface area contributed by atoms with Crippen LogP contribution < -0.4 is 5.32 Å². The lowest BCUT2D eigenvalue weighted by Crippen LogP contribution is -2.41. The molecule has 0 aromatic heterocycles. The number of carbonyl (C=O) groups is 1. The number of rotatable bonds is 3. The van der Waals surface area contributed by atoms with Crippen molar-refractivity contribution in [2.24, 2.45) is 5.92 Å². The average Bonchev–Trinajstić information content (AvgIpc) is 2.18. The second-order valence-corrected chi connectivity index (χ2v) is 4.38. The van der Waals surface area contributed by atoms with Crippen LogP contribution in [0.3, 0.4) is 0 Å². The molecule has 1 aliphatic carbocycles. The van der Waals surface area contributed by atoms with Crippen molar-refractivity contribution in [1.82, 2.24) is 5.32 Å². The summed E-state index contributed by atoms with van der Waals surface area (Å²) in [6.45, 7) is 3.85. The molecule has 1 N–H and O–H groups in total. The van der Waals surface area contributed by atoms with Gasteiger partial charge in [0.1, 0.15) is 0 Å². The Morgan fingerprint density at radius 1 is 1.43 bits per heavy atom. The second kappa shape index (κ2) is 5.35. The number of carbonyl (C=O) groups excluding carboxylic acids is 1. The number of ether oxygens (including phenoxy) is 1. The summed E-state index contributed by atoms with van der Waals surface area (Å²) in [6.07, 6.45) is 4.68. The summed E-state index contributed by atoms with van der Waals surface area (Å²) in [5.74, 6) is 0.240. The Bertz CT molecular complexity index is 192. The lowest BCUT2D eigenvalue weighted by molar-refractivity contribution is -0.125. The van der Waals surface area contributed by atoms with Crippen molar-refractivity contribution in [1.29, 1.82) is 0 Å². The van der Waals surface area contributed by atoms with E-state index in [4.69, 9.17) is 4.74 Å². The first-order chi connectivity index (χ1) is 6.63. The van der Waals surface area contributed by atoms with E-state index in [0.29, 0.717) is 12.1 Å². The van der Waals surface area contributed by atoms with Crippen LogP contribution in [0.2, 0.25) is 0 Å². The van der Waals surface area contributed by atoms with Crippen molar-refractivity contribution in [3.63, 3.8) is 0 Å². The van der Waals surface area contributed by atoms with Crippen LogP contribution >= 0.6 is 0 Å². The van der Waals surface area contributed by atoms with Crippen LogP contribution in [0.1, 0.15) is 39.5 Å². The van der Waals surface area contributed by atoms with Crippen LogP contribution in [0.25, 0.3) is 0 Å². The first-order valence-electron chi connectivity index (χ1n) is 5.46. The highest BCUT2D eigenvalue weighted by Crippen LogP contribution is 2.20. The molecule has 0 saturated heterocycles. The van der Waals surface area contributed by atoms with Gasteiger partial charge in [0.25, 0.3) is 0 Å². The predicted octanol–water partition coefficient (Wildman–Crippen LogP) is 1.72. The Kier molecular flexibility index (Phi) is 4.39. The predicted molar refractivity (Wildman–Crippen MR) is 56.0 cm³/mol. The minimum atomic E-state index is 0.0814. The van der Waals surface area contributed by atoms with Gasteiger partial charge in [0, 0.05) is 19.1 Å². The molecule has 1 fully saturated rings. The van der Waals surface area contributed by atoms with Gasteiger partial charge in [-0.05, 0) is 25.7 Å². The highest BCUT2D eigenvalue weighted by Gasteiger charge is 2.23. The third kappa shape index (κ3) is 3.29. The number of hydrogen-bond donors (Lipinski definition) is 1. The molecule has 0 aromatic carbocycles. The van der Waals surface area contributed by atoms with Crippen molar-refractivity contribution in [2.45, 2.75) is 51.7 Å². The normalized spacial score (nSPS) is 27.7. The summed E-state index contributed by atoms with van der Waals surface area (Å²) < 4.78 is 5.31. The summed E-state index contributed by atoms with van der Waals surface area (Å²) in [5.41, 5.74) is 0. The van der Waals surface area contributed by atoms with Gasteiger partial charge in [-0.3, -0.25) is 4.79 Å². The molecular weight excluding hydrogens is 178 g/mol. The van der Waals surface area contributed by atoms with Gasteiger partial charge in [-0.1, -0.05) is 13.8 Å². The topological polar surface area (TPSA) is 38.3 Å². The van der Waals surface area contributed by atoms with Crippen molar-refractivity contribution in [3.8, 4) is 0 Å². The van der Waals surface area contributed by atoms with E-state index in [9.17, 15) is 4.79 Å². The van der Waals surface area contributed by atoms with E-state index in [-0.39, 0.29) is 11.8 Å². The Hall–Kier alpha value is -0.570. The molecule has 1 rings (SSSR count). The van der Waals surface area contributed by atoms with Gasteiger partial charge in [-0.2, -0.15) is 0 Å². The molecule has 0 spiro atoms. The maximum Gasteiger partial charge on any atom is 0.222 e. The van der Waals surface area contributed by atoms with Gasteiger partial charge in [0.05, 0.1) is 6.10 Å². The Morgan fingerprint density at radius 3 is 2.71 bits per heavy atom. The Balaban J connectivity index is 2.34. The van der Waals surface area contributed by atoms with Gasteiger partial charge in [-0.15, -0.1) is 0 Å². The molecule has 82 valence electrons. The molecule has 1 aliphatic rings. The summed E-state index contributed by atoms with van der Waals surface area (Å²) in [4.78, 5) is 11.5. The Morgan fingerprint density at radius 2 is 2.14 bits per heavy atom. The number of methoxy groups -OCH3 is 1. The molecule has 0 heterocycles. The van der Waals surface area contributed by atoms with Gasteiger partial charge in [0.15, 0.2) is 0 Å². The van der Waals surface area contributed by atoms with Gasteiger partial charge in [-0.25, -0.2) is 0 Å². The van der Waals surface area contributed by atoms with Crippen molar-refractivity contribution < 1.29 is 9.53 Å². The van der Waals surface area contributed by atoms with Crippen LogP contribution in [0, 0.1) is 5.92 Å². The van der Waals surface area contributed by atoms with E-state index >= 15 is 0 Å². The van der Waals surface area contributed by atoms with Crippen LogP contribution in [0.5, 0.6) is 0 Å². The molecule has 1 saturated carbocycles. The van der Waals surface area contributed by atoms with Crippen molar-refractivity contribution in [3.05, 3.63) is 0 Å². The number of hydrogen-bond acceptors (Lipinski definition) is 2. The molecular formula is C11H21NO2. The maximum absolute atomic E-state index is 11.5. The fourth-order valence-corrected chi connectivity index (χ4v) is 1.86. The monoisotopic (exact) mass is 199 g/mol. The van der Waals surface area contributed by atoms with Crippen molar-refractivity contribution >= 4 is 5.91 Å². The molecule has 14 heavy (non-hydrogen) atoms. The van der Waals surface area contributed by atoms with Gasteiger partial charge >= 0.3 is 0 Å². The zero-order valence-electron chi connectivity index (χ0n) is 9.38. The lowest BCUT2D eigenvalue weighted by atomic mass is 9.92. The summed E-state index contributed by atoms with van der Waals surface area (Å²) >= 11 is 0. The fraction of sp³-hybridized carbons (Fsp3) is 0.909. The Labute approximate surface area is 86.2 Å². The van der Waals surface area contributed by atoms with Gasteiger partial charge < -0.3 is 10.1 Å². The maximum atomic E-state index is 11.5. The zero-order chi connectivity index (χ0) is 10.6. The van der Waals surface area contributed by atoms with E-state index in [0.717, 1.165) is 25.7 Å². The largest absolute Gasteiger partial charge is 0.381 e. The van der Waals surface area contributed by atoms with Crippen LogP contribution in [0.4, 0.5) is 0 Å². The molecule has 0 aromatic rings. The van der Waals surface area contributed by atoms with E-state index in [1.54, 1.807) is 7.11 Å². The molecule has 1 amide bonds. The van der Waals surface area contributed by atoms with Crippen LogP contribution in [-0.2, 0) is 9.53 Å². The molecule has 0 unspecified atom stereocenters. The number of nitrogens with one attached hydrogen (secondary N) is 1. The molecule has 2 atom stereocenters. The fourth-order valence-electron chi connectivity index (χ4n) is 1.86. The highest BCUT2D eigenvalue weighted by atomic mass is 16.5. The molecule has 3 heteroatoms. The van der Waals surface area contributed by atoms with E-state index in [2.05, 4.69) is 5.32 Å². The molecule has 0 radical (unpaired) electrons. The average molecular weight is 199 g/mol.